The summed E-state index contributed by atoms with van der Waals surface area (Å²) in [6.45, 7) is 2.16. The molecular weight excluding hydrogens is 370 g/mol. The Morgan fingerprint density at radius 3 is 2.43 bits per heavy atom. The van der Waals surface area contributed by atoms with E-state index in [1.54, 1.807) is 7.11 Å². The van der Waals surface area contributed by atoms with Crippen LogP contribution in [0.3, 0.4) is 0 Å². The largest absolute Gasteiger partial charge is 0.493 e. The van der Waals surface area contributed by atoms with Gasteiger partial charge in [0.1, 0.15) is 0 Å². The summed E-state index contributed by atoms with van der Waals surface area (Å²) < 4.78 is 12.2. The van der Waals surface area contributed by atoms with Crippen molar-refractivity contribution in [3.05, 3.63) is 77.6 Å². The van der Waals surface area contributed by atoms with Crippen LogP contribution < -0.4 is 9.47 Å². The van der Waals surface area contributed by atoms with Gasteiger partial charge in [0.2, 0.25) is 0 Å². The highest BCUT2D eigenvalue weighted by atomic mass is 16.5. The molecular formula is C27H31NO2. The van der Waals surface area contributed by atoms with E-state index < -0.39 is 0 Å². The van der Waals surface area contributed by atoms with E-state index in [0.717, 1.165) is 49.3 Å². The van der Waals surface area contributed by atoms with E-state index in [4.69, 9.17) is 9.47 Å². The third-order valence-corrected chi connectivity index (χ3v) is 6.03. The predicted molar refractivity (Wildman–Crippen MR) is 122 cm³/mol. The molecule has 3 heteroatoms. The molecule has 3 nitrogen and oxygen atoms in total. The molecule has 1 heterocycles. The van der Waals surface area contributed by atoms with Gasteiger partial charge in [-0.05, 0) is 79.8 Å². The van der Waals surface area contributed by atoms with Crippen molar-refractivity contribution < 1.29 is 9.47 Å². The van der Waals surface area contributed by atoms with Crippen LogP contribution in [0.5, 0.6) is 11.5 Å². The Balaban J connectivity index is 1.74. The molecule has 1 aliphatic rings. The van der Waals surface area contributed by atoms with Gasteiger partial charge >= 0.3 is 0 Å². The zero-order chi connectivity index (χ0) is 20.8. The van der Waals surface area contributed by atoms with Gasteiger partial charge in [-0.2, -0.15) is 0 Å². The normalized spacial score (nSPS) is 14.1. The van der Waals surface area contributed by atoms with Gasteiger partial charge in [0.25, 0.3) is 0 Å². The maximum absolute atomic E-state index is 6.41. The summed E-state index contributed by atoms with van der Waals surface area (Å²) in [7, 11) is 1.74. The van der Waals surface area contributed by atoms with Gasteiger partial charge in [-0.1, -0.05) is 43.3 Å². The van der Waals surface area contributed by atoms with Gasteiger partial charge in [-0.3, -0.25) is 4.98 Å². The highest BCUT2D eigenvalue weighted by molar-refractivity contribution is 5.73. The third kappa shape index (κ3) is 4.67. The molecule has 0 radical (unpaired) electrons. The van der Waals surface area contributed by atoms with E-state index in [9.17, 15) is 0 Å². The predicted octanol–water partition coefficient (Wildman–Crippen LogP) is 6.43. The molecule has 1 fully saturated rings. The average molecular weight is 402 g/mol. The first-order valence-electron chi connectivity index (χ1n) is 11.1. The summed E-state index contributed by atoms with van der Waals surface area (Å²) in [5, 5.41) is 0. The molecule has 0 N–H and O–H groups in total. The smallest absolute Gasteiger partial charge is 0.162 e. The molecule has 3 aromatic rings. The molecule has 30 heavy (non-hydrogen) atoms. The van der Waals surface area contributed by atoms with Gasteiger partial charge in [0.05, 0.1) is 13.2 Å². The van der Waals surface area contributed by atoms with E-state index in [0.29, 0.717) is 6.10 Å². The van der Waals surface area contributed by atoms with E-state index >= 15 is 0 Å². The molecule has 0 atom stereocenters. The Morgan fingerprint density at radius 1 is 0.900 bits per heavy atom. The van der Waals surface area contributed by atoms with Crippen molar-refractivity contribution in [2.75, 3.05) is 7.11 Å². The Bertz CT molecular complexity index is 962. The highest BCUT2D eigenvalue weighted by Gasteiger charge is 2.21. The van der Waals surface area contributed by atoms with Crippen molar-refractivity contribution in [2.24, 2.45) is 0 Å². The molecule has 0 spiro atoms. The van der Waals surface area contributed by atoms with Gasteiger partial charge in [0, 0.05) is 17.5 Å². The number of rotatable bonds is 8. The van der Waals surface area contributed by atoms with E-state index in [1.165, 1.54) is 35.1 Å². The third-order valence-electron chi connectivity index (χ3n) is 6.03. The van der Waals surface area contributed by atoms with E-state index in [1.807, 2.05) is 12.3 Å². The number of ether oxygens (including phenoxy) is 2. The lowest BCUT2D eigenvalue weighted by Crippen LogP contribution is -2.12. The minimum atomic E-state index is 0.293. The maximum atomic E-state index is 6.41. The Hall–Kier alpha value is -2.81. The molecule has 0 bridgehead atoms. The lowest BCUT2D eigenvalue weighted by molar-refractivity contribution is 0.201. The van der Waals surface area contributed by atoms with Crippen molar-refractivity contribution in [2.45, 2.75) is 58.0 Å². The fourth-order valence-corrected chi connectivity index (χ4v) is 4.39. The van der Waals surface area contributed by atoms with Crippen molar-refractivity contribution in [1.29, 1.82) is 0 Å². The van der Waals surface area contributed by atoms with E-state index in [-0.39, 0.29) is 0 Å². The van der Waals surface area contributed by atoms with Crippen molar-refractivity contribution in [3.63, 3.8) is 0 Å². The Kier molecular flexibility index (Phi) is 6.68. The summed E-state index contributed by atoms with van der Waals surface area (Å²) in [5.74, 6) is 1.68. The number of methoxy groups -OCH3 is 1. The molecule has 1 aromatic heterocycles. The van der Waals surface area contributed by atoms with Crippen LogP contribution in [0.25, 0.3) is 11.1 Å². The van der Waals surface area contributed by atoms with Crippen LogP contribution in [0.15, 0.2) is 60.8 Å². The first-order valence-corrected chi connectivity index (χ1v) is 11.1. The molecule has 156 valence electrons. The molecule has 0 saturated heterocycles. The molecule has 0 amide bonds. The van der Waals surface area contributed by atoms with Crippen molar-refractivity contribution >= 4 is 0 Å². The number of aromatic nitrogens is 1. The quantitative estimate of drug-likeness (QED) is 0.436. The minimum Gasteiger partial charge on any atom is -0.493 e. The number of hydrogen-bond acceptors (Lipinski definition) is 3. The van der Waals surface area contributed by atoms with Crippen LogP contribution in [0.4, 0.5) is 0 Å². The second-order valence-electron chi connectivity index (χ2n) is 8.02. The van der Waals surface area contributed by atoms with Crippen LogP contribution in [-0.4, -0.2) is 18.2 Å². The number of benzene rings is 2. The Labute approximate surface area is 180 Å². The topological polar surface area (TPSA) is 31.4 Å². The summed E-state index contributed by atoms with van der Waals surface area (Å²) in [4.78, 5) is 4.64. The first-order chi connectivity index (χ1) is 14.8. The van der Waals surface area contributed by atoms with Crippen LogP contribution in [0.1, 0.15) is 49.4 Å². The monoisotopic (exact) mass is 401 g/mol. The van der Waals surface area contributed by atoms with Crippen molar-refractivity contribution in [1.82, 2.24) is 4.98 Å². The maximum Gasteiger partial charge on any atom is 0.162 e. The van der Waals surface area contributed by atoms with Gasteiger partial charge < -0.3 is 9.47 Å². The van der Waals surface area contributed by atoms with Crippen molar-refractivity contribution in [3.8, 4) is 22.6 Å². The Morgan fingerprint density at radius 2 is 1.70 bits per heavy atom. The van der Waals surface area contributed by atoms with Crippen LogP contribution >= 0.6 is 0 Å². The first kappa shape index (κ1) is 20.5. The second-order valence-corrected chi connectivity index (χ2v) is 8.02. The lowest BCUT2D eigenvalue weighted by atomic mass is 9.93. The number of hydrogen-bond donors (Lipinski definition) is 0. The molecule has 0 aliphatic heterocycles. The van der Waals surface area contributed by atoms with E-state index in [2.05, 4.69) is 60.4 Å². The highest BCUT2D eigenvalue weighted by Crippen LogP contribution is 2.39. The molecule has 2 aromatic carbocycles. The summed E-state index contributed by atoms with van der Waals surface area (Å²) >= 11 is 0. The fourth-order valence-electron chi connectivity index (χ4n) is 4.39. The molecule has 1 saturated carbocycles. The lowest BCUT2D eigenvalue weighted by Gasteiger charge is -2.20. The molecule has 0 unspecified atom stereocenters. The number of aryl methyl sites for hydroxylation is 3. The van der Waals surface area contributed by atoms with Crippen LogP contribution in [0, 0.1) is 0 Å². The molecule has 4 rings (SSSR count). The summed E-state index contributed by atoms with van der Waals surface area (Å²) in [6, 6.07) is 19.2. The summed E-state index contributed by atoms with van der Waals surface area (Å²) in [5.41, 5.74) is 6.15. The number of pyridine rings is 1. The summed E-state index contributed by atoms with van der Waals surface area (Å²) in [6.07, 6.45) is 9.75. The zero-order valence-corrected chi connectivity index (χ0v) is 18.1. The average Bonchev–Trinajstić information content (AvgIpc) is 3.31. The second kappa shape index (κ2) is 9.80. The fraction of sp³-hybridized carbons (Fsp3) is 0.370. The van der Waals surface area contributed by atoms with Gasteiger partial charge in [-0.15, -0.1) is 0 Å². The number of nitrogens with zero attached hydrogens (tertiary/aromatic N) is 1. The van der Waals surface area contributed by atoms with Gasteiger partial charge in [0.15, 0.2) is 11.5 Å². The SMILES string of the molecule is CCc1ncccc1-c1cc(OC2CCCC2)c(OC)cc1CCc1ccccc1. The standard InChI is InChI=1S/C27H31NO2/c1-3-25-23(14-9-17-28-25)24-19-27(30-22-12-7-8-13-22)26(29-2)18-21(24)16-15-20-10-5-4-6-11-20/h4-6,9-11,14,17-19,22H,3,7-8,12-13,15-16H2,1-2H3. The van der Waals surface area contributed by atoms with Gasteiger partial charge in [-0.25, -0.2) is 0 Å². The van der Waals surface area contributed by atoms with Crippen LogP contribution in [-0.2, 0) is 19.3 Å². The van der Waals surface area contributed by atoms with Crippen LogP contribution in [0.2, 0.25) is 0 Å². The minimum absolute atomic E-state index is 0.293. The molecule has 1 aliphatic carbocycles. The zero-order valence-electron chi connectivity index (χ0n) is 18.1.